The molecule has 124 valence electrons. The molecule has 1 rings (SSSR count). The second-order valence-corrected chi connectivity index (χ2v) is 6.73. The maximum atomic E-state index is 12.1. The van der Waals surface area contributed by atoms with Crippen molar-refractivity contribution in [3.8, 4) is 0 Å². The highest BCUT2D eigenvalue weighted by molar-refractivity contribution is 6.22. The highest BCUT2D eigenvalue weighted by Gasteiger charge is 2.36. The maximum Gasteiger partial charge on any atom is 0.320 e. The molecule has 6 heteroatoms. The monoisotopic (exact) mass is 310 g/mol. The number of carboxylic acid groups (broad SMARTS) is 1. The van der Waals surface area contributed by atoms with E-state index in [9.17, 15) is 14.4 Å². The molecule has 0 heterocycles. The average Bonchev–Trinajstić information content (AvgIpc) is 2.35. The Morgan fingerprint density at radius 3 is 2.32 bits per heavy atom. The molecule has 0 aromatic carbocycles. The van der Waals surface area contributed by atoms with Gasteiger partial charge in [0.25, 0.3) is 0 Å². The summed E-state index contributed by atoms with van der Waals surface area (Å²) in [5, 5.41) is 11.8. The van der Waals surface area contributed by atoms with Crippen LogP contribution in [0.5, 0.6) is 0 Å². The number of hydrogen-bond acceptors (Lipinski definition) is 5. The Hall–Kier alpha value is -1.69. The topological polar surface area (TPSA) is 109 Å². The van der Waals surface area contributed by atoms with E-state index in [0.29, 0.717) is 43.5 Å². The van der Waals surface area contributed by atoms with Crippen molar-refractivity contribution < 1.29 is 19.5 Å². The summed E-state index contributed by atoms with van der Waals surface area (Å²) in [5.74, 6) is -1.19. The average molecular weight is 310 g/mol. The minimum absolute atomic E-state index is 0.0980. The molecule has 4 N–H and O–H groups in total. The first-order valence-corrected chi connectivity index (χ1v) is 7.63. The van der Waals surface area contributed by atoms with Crippen molar-refractivity contribution in [2.45, 2.75) is 58.9 Å². The van der Waals surface area contributed by atoms with Crippen LogP contribution in [-0.2, 0) is 14.4 Å². The minimum Gasteiger partial charge on any atom is -0.480 e. The predicted molar refractivity (Wildman–Crippen MR) is 83.2 cm³/mol. The van der Waals surface area contributed by atoms with Crippen molar-refractivity contribution in [2.24, 2.45) is 11.1 Å². The zero-order valence-electron chi connectivity index (χ0n) is 13.6. The quantitative estimate of drug-likeness (QED) is 0.372. The van der Waals surface area contributed by atoms with E-state index in [4.69, 9.17) is 10.8 Å². The summed E-state index contributed by atoms with van der Waals surface area (Å²) in [6.07, 6.45) is 2.61. The number of hydrogen-bond donors (Lipinski definition) is 3. The first-order chi connectivity index (χ1) is 10.1. The number of unbranched alkanes of at least 4 members (excludes halogenated alkanes) is 1. The molecule has 1 saturated carbocycles. The zero-order chi connectivity index (χ0) is 16.9. The summed E-state index contributed by atoms with van der Waals surface area (Å²) < 4.78 is 0. The normalized spacial score (nSPS) is 19.0. The Morgan fingerprint density at radius 1 is 1.27 bits per heavy atom. The van der Waals surface area contributed by atoms with Gasteiger partial charge < -0.3 is 16.2 Å². The number of carbonyl (C=O) groups excluding carboxylic acids is 2. The fraction of sp³-hybridized carbons (Fsp3) is 0.688. The van der Waals surface area contributed by atoms with Gasteiger partial charge in [-0.15, -0.1) is 0 Å². The SMILES string of the molecule is CC(NCCCC[C@@H](N)C(=O)O)=C1C(=O)CC(C)(C)CC1=O. The molecule has 0 unspecified atom stereocenters. The number of nitrogens with two attached hydrogens (primary N) is 1. The van der Waals surface area contributed by atoms with Crippen LogP contribution in [0.15, 0.2) is 11.3 Å². The summed E-state index contributed by atoms with van der Waals surface area (Å²) in [5.41, 5.74) is 6.07. The number of allylic oxidation sites excluding steroid dienone is 2. The zero-order valence-corrected chi connectivity index (χ0v) is 13.6. The molecule has 1 atom stereocenters. The molecule has 1 fully saturated rings. The maximum absolute atomic E-state index is 12.1. The van der Waals surface area contributed by atoms with Crippen molar-refractivity contribution in [1.29, 1.82) is 0 Å². The summed E-state index contributed by atoms with van der Waals surface area (Å²) in [6, 6.07) is -0.830. The van der Waals surface area contributed by atoms with Crippen LogP contribution in [0.25, 0.3) is 0 Å². The third kappa shape index (κ3) is 5.26. The summed E-state index contributed by atoms with van der Waals surface area (Å²) in [6.45, 7) is 6.18. The van der Waals surface area contributed by atoms with E-state index in [-0.39, 0.29) is 17.0 Å². The molecule has 0 radical (unpaired) electrons. The van der Waals surface area contributed by atoms with E-state index in [1.807, 2.05) is 13.8 Å². The smallest absolute Gasteiger partial charge is 0.320 e. The molecule has 6 nitrogen and oxygen atoms in total. The van der Waals surface area contributed by atoms with Crippen LogP contribution in [-0.4, -0.2) is 35.2 Å². The van der Waals surface area contributed by atoms with E-state index in [1.165, 1.54) is 0 Å². The van der Waals surface area contributed by atoms with Crippen molar-refractivity contribution in [1.82, 2.24) is 5.32 Å². The summed E-state index contributed by atoms with van der Waals surface area (Å²) >= 11 is 0. The van der Waals surface area contributed by atoms with Crippen molar-refractivity contribution in [3.05, 3.63) is 11.3 Å². The second-order valence-electron chi connectivity index (χ2n) is 6.73. The number of carbonyl (C=O) groups is 3. The van der Waals surface area contributed by atoms with E-state index < -0.39 is 12.0 Å². The van der Waals surface area contributed by atoms with Crippen LogP contribution in [0.2, 0.25) is 0 Å². The molecule has 0 bridgehead atoms. The Labute approximate surface area is 131 Å². The molecule has 0 amide bonds. The van der Waals surface area contributed by atoms with Gasteiger partial charge in [0, 0.05) is 25.1 Å². The first kappa shape index (κ1) is 18.4. The Morgan fingerprint density at radius 2 is 1.82 bits per heavy atom. The Balaban J connectivity index is 2.47. The number of Topliss-reactive ketones (excluding diaryl/α,β-unsaturated/α-hetero) is 2. The van der Waals surface area contributed by atoms with Crippen LogP contribution in [0.4, 0.5) is 0 Å². The van der Waals surface area contributed by atoms with Crippen molar-refractivity contribution in [3.63, 3.8) is 0 Å². The molecule has 0 saturated heterocycles. The molecule has 0 aromatic heterocycles. The minimum atomic E-state index is -0.993. The summed E-state index contributed by atoms with van der Waals surface area (Å²) in [7, 11) is 0. The van der Waals surface area contributed by atoms with Crippen molar-refractivity contribution in [2.75, 3.05) is 6.54 Å². The van der Waals surface area contributed by atoms with Gasteiger partial charge in [-0.25, -0.2) is 0 Å². The van der Waals surface area contributed by atoms with Gasteiger partial charge in [0.1, 0.15) is 6.04 Å². The lowest BCUT2D eigenvalue weighted by Gasteiger charge is -2.29. The molecule has 1 aliphatic carbocycles. The number of nitrogens with one attached hydrogen (secondary N) is 1. The van der Waals surface area contributed by atoms with Gasteiger partial charge in [-0.3, -0.25) is 14.4 Å². The van der Waals surface area contributed by atoms with E-state index in [0.717, 1.165) is 6.42 Å². The van der Waals surface area contributed by atoms with Gasteiger partial charge >= 0.3 is 5.97 Å². The van der Waals surface area contributed by atoms with Crippen LogP contribution < -0.4 is 11.1 Å². The van der Waals surface area contributed by atoms with E-state index in [1.54, 1.807) is 6.92 Å². The predicted octanol–water partition coefficient (Wildman–Crippen LogP) is 1.39. The number of carboxylic acids is 1. The fourth-order valence-corrected chi connectivity index (χ4v) is 2.66. The highest BCUT2D eigenvalue weighted by Crippen LogP contribution is 2.34. The van der Waals surface area contributed by atoms with E-state index in [2.05, 4.69) is 5.32 Å². The molecular weight excluding hydrogens is 284 g/mol. The van der Waals surface area contributed by atoms with Crippen LogP contribution in [0, 0.1) is 5.41 Å². The number of rotatable bonds is 7. The Bertz CT molecular complexity index is 472. The third-order valence-electron chi connectivity index (χ3n) is 3.86. The van der Waals surface area contributed by atoms with Gasteiger partial charge in [-0.1, -0.05) is 13.8 Å². The third-order valence-corrected chi connectivity index (χ3v) is 3.86. The molecular formula is C16H26N2O4. The van der Waals surface area contributed by atoms with Crippen LogP contribution in [0.3, 0.4) is 0 Å². The van der Waals surface area contributed by atoms with Gasteiger partial charge in [0.15, 0.2) is 11.6 Å². The van der Waals surface area contributed by atoms with E-state index >= 15 is 0 Å². The Kier molecular flexibility index (Phi) is 6.29. The number of ketones is 2. The van der Waals surface area contributed by atoms with Gasteiger partial charge in [0.2, 0.25) is 0 Å². The van der Waals surface area contributed by atoms with Gasteiger partial charge in [0.05, 0.1) is 5.57 Å². The molecule has 0 aromatic rings. The number of aliphatic carboxylic acids is 1. The second kappa shape index (κ2) is 7.54. The lowest BCUT2D eigenvalue weighted by Crippen LogP contribution is -2.34. The molecule has 0 spiro atoms. The summed E-state index contributed by atoms with van der Waals surface area (Å²) in [4.78, 5) is 34.8. The van der Waals surface area contributed by atoms with Gasteiger partial charge in [-0.05, 0) is 31.6 Å². The lowest BCUT2D eigenvalue weighted by atomic mass is 9.73. The van der Waals surface area contributed by atoms with Crippen LogP contribution >= 0.6 is 0 Å². The standard InChI is InChI=1S/C16H26N2O4/c1-10(18-7-5-4-6-11(17)15(21)22)14-12(19)8-16(2,3)9-13(14)20/h11,18H,4-9,17H2,1-3H3,(H,21,22)/t11-/m1/s1. The molecule has 0 aliphatic heterocycles. The van der Waals surface area contributed by atoms with Gasteiger partial charge in [-0.2, -0.15) is 0 Å². The van der Waals surface area contributed by atoms with Crippen LogP contribution in [0.1, 0.15) is 52.9 Å². The molecule has 22 heavy (non-hydrogen) atoms. The largest absolute Gasteiger partial charge is 0.480 e. The van der Waals surface area contributed by atoms with Crippen molar-refractivity contribution >= 4 is 17.5 Å². The fourth-order valence-electron chi connectivity index (χ4n) is 2.66. The lowest BCUT2D eigenvalue weighted by molar-refractivity contribution is -0.138. The first-order valence-electron chi connectivity index (χ1n) is 7.63. The highest BCUT2D eigenvalue weighted by atomic mass is 16.4. The molecule has 1 aliphatic rings.